The monoisotopic (exact) mass is 325 g/mol. The Morgan fingerprint density at radius 2 is 1.82 bits per heavy atom. The van der Waals surface area contributed by atoms with Crippen LogP contribution in [-0.2, 0) is 9.59 Å². The van der Waals surface area contributed by atoms with E-state index in [0.29, 0.717) is 18.0 Å². The Morgan fingerprint density at radius 1 is 1.09 bits per heavy atom. The molecule has 0 spiro atoms. The largest absolute Gasteiger partial charge is 0.336 e. The summed E-state index contributed by atoms with van der Waals surface area (Å²) in [5.74, 6) is 1.62. The predicted molar refractivity (Wildman–Crippen MR) is 88.6 cm³/mol. The van der Waals surface area contributed by atoms with E-state index in [0.717, 1.165) is 31.7 Å². The van der Waals surface area contributed by atoms with Crippen LogP contribution < -0.4 is 0 Å². The Morgan fingerprint density at radius 3 is 2.55 bits per heavy atom. The molecule has 0 N–H and O–H groups in total. The lowest BCUT2D eigenvalue weighted by Crippen LogP contribution is -2.54. The maximum absolute atomic E-state index is 13.0. The lowest BCUT2D eigenvalue weighted by Gasteiger charge is -2.36. The molecule has 0 aromatic heterocycles. The van der Waals surface area contributed by atoms with E-state index in [1.165, 1.54) is 19.4 Å². The van der Waals surface area contributed by atoms with Gasteiger partial charge in [-0.1, -0.05) is 6.92 Å². The van der Waals surface area contributed by atoms with Crippen molar-refractivity contribution in [3.63, 3.8) is 0 Å². The van der Waals surface area contributed by atoms with Gasteiger partial charge in [-0.2, -0.15) is 0 Å². The molecule has 22 heavy (non-hydrogen) atoms. The Balaban J connectivity index is 1.72. The van der Waals surface area contributed by atoms with E-state index in [9.17, 15) is 9.59 Å². The predicted octanol–water partition coefficient (Wildman–Crippen LogP) is 1.38. The molecule has 0 saturated carbocycles. The molecule has 3 aliphatic rings. The van der Waals surface area contributed by atoms with Crippen LogP contribution in [0.4, 0.5) is 0 Å². The van der Waals surface area contributed by atoms with Gasteiger partial charge in [0.15, 0.2) is 0 Å². The minimum atomic E-state index is -0.237. The van der Waals surface area contributed by atoms with Gasteiger partial charge in [0.2, 0.25) is 11.8 Å². The Labute approximate surface area is 137 Å². The molecule has 3 saturated heterocycles. The standard InChI is InChI=1S/C16H27N3O2S/c1-3-17-8-4-6-13(17)14-7-5-9-18(14)16(21)15-10-22-11-19(15)12(2)20/h13-15H,3-11H2,1-2H3/t13-,14+,15-/m1/s1. The topological polar surface area (TPSA) is 43.9 Å². The zero-order valence-electron chi connectivity index (χ0n) is 13.7. The fraction of sp³-hybridized carbons (Fsp3) is 0.875. The van der Waals surface area contributed by atoms with Gasteiger partial charge in [0.05, 0.1) is 5.88 Å². The van der Waals surface area contributed by atoms with E-state index in [2.05, 4.69) is 16.7 Å². The minimum absolute atomic E-state index is 0.0233. The first kappa shape index (κ1) is 16.1. The maximum atomic E-state index is 13.0. The summed E-state index contributed by atoms with van der Waals surface area (Å²) in [6, 6.07) is 0.644. The first-order valence-corrected chi connectivity index (χ1v) is 9.68. The van der Waals surface area contributed by atoms with Gasteiger partial charge in [-0.25, -0.2) is 0 Å². The molecule has 3 fully saturated rings. The summed E-state index contributed by atoms with van der Waals surface area (Å²) in [4.78, 5) is 31.1. The van der Waals surface area contributed by atoms with E-state index in [-0.39, 0.29) is 17.9 Å². The van der Waals surface area contributed by atoms with E-state index < -0.39 is 0 Å². The number of rotatable bonds is 3. The van der Waals surface area contributed by atoms with Crippen molar-refractivity contribution in [3.8, 4) is 0 Å². The Hall–Kier alpha value is -0.750. The summed E-state index contributed by atoms with van der Waals surface area (Å²) < 4.78 is 0. The van der Waals surface area contributed by atoms with Crippen molar-refractivity contribution in [2.75, 3.05) is 31.3 Å². The maximum Gasteiger partial charge on any atom is 0.246 e. The molecule has 0 aromatic rings. The molecule has 0 bridgehead atoms. The zero-order chi connectivity index (χ0) is 15.7. The van der Waals surface area contributed by atoms with Gasteiger partial charge < -0.3 is 9.80 Å². The molecular weight excluding hydrogens is 298 g/mol. The lowest BCUT2D eigenvalue weighted by atomic mass is 10.0. The SMILES string of the molecule is CCN1CCC[C@@H]1[C@@H]1CCCN1C(=O)[C@H]1CSCN1C(C)=O. The van der Waals surface area contributed by atoms with Crippen molar-refractivity contribution >= 4 is 23.6 Å². The number of thioether (sulfide) groups is 1. The lowest BCUT2D eigenvalue weighted by molar-refractivity contribution is -0.143. The highest BCUT2D eigenvalue weighted by Crippen LogP contribution is 2.32. The molecule has 3 aliphatic heterocycles. The molecule has 3 heterocycles. The molecule has 0 radical (unpaired) electrons. The number of likely N-dealkylation sites (N-methyl/N-ethyl adjacent to an activating group) is 1. The third kappa shape index (κ3) is 2.87. The molecule has 3 rings (SSSR count). The molecule has 2 amide bonds. The van der Waals surface area contributed by atoms with E-state index in [1.807, 2.05) is 0 Å². The van der Waals surface area contributed by atoms with Crippen LogP contribution in [0.1, 0.15) is 39.5 Å². The van der Waals surface area contributed by atoms with Gasteiger partial charge in [0, 0.05) is 31.3 Å². The van der Waals surface area contributed by atoms with Crippen LogP contribution in [0.3, 0.4) is 0 Å². The average Bonchev–Trinajstić information content (AvgIpc) is 3.23. The summed E-state index contributed by atoms with van der Waals surface area (Å²) in [6.45, 7) is 6.89. The van der Waals surface area contributed by atoms with E-state index in [4.69, 9.17) is 0 Å². The molecule has 0 unspecified atom stereocenters. The van der Waals surface area contributed by atoms with Crippen LogP contribution in [0.5, 0.6) is 0 Å². The van der Waals surface area contributed by atoms with Crippen molar-refractivity contribution in [1.82, 2.24) is 14.7 Å². The van der Waals surface area contributed by atoms with Crippen LogP contribution in [0.15, 0.2) is 0 Å². The van der Waals surface area contributed by atoms with E-state index in [1.54, 1.807) is 23.6 Å². The highest BCUT2D eigenvalue weighted by molar-refractivity contribution is 7.99. The van der Waals surface area contributed by atoms with Crippen LogP contribution in [0.25, 0.3) is 0 Å². The fourth-order valence-corrected chi connectivity index (χ4v) is 5.51. The minimum Gasteiger partial charge on any atom is -0.336 e. The van der Waals surface area contributed by atoms with Crippen molar-refractivity contribution in [2.24, 2.45) is 0 Å². The second kappa shape index (κ2) is 6.79. The first-order valence-electron chi connectivity index (χ1n) is 8.53. The van der Waals surface area contributed by atoms with Gasteiger partial charge in [0.1, 0.15) is 6.04 Å². The Kier molecular flexibility index (Phi) is 4.97. The average molecular weight is 325 g/mol. The summed E-state index contributed by atoms with van der Waals surface area (Å²) in [5, 5.41) is 0. The molecule has 3 atom stereocenters. The fourth-order valence-electron chi connectivity index (χ4n) is 4.30. The normalized spacial score (nSPS) is 32.9. The summed E-state index contributed by atoms with van der Waals surface area (Å²) in [6.07, 6.45) is 4.67. The molecule has 0 aliphatic carbocycles. The highest BCUT2D eigenvalue weighted by atomic mass is 32.2. The van der Waals surface area contributed by atoms with Crippen LogP contribution in [0, 0.1) is 0 Å². The van der Waals surface area contributed by atoms with Crippen molar-refractivity contribution < 1.29 is 9.59 Å². The van der Waals surface area contributed by atoms with Crippen molar-refractivity contribution in [1.29, 1.82) is 0 Å². The number of likely N-dealkylation sites (tertiary alicyclic amines) is 2. The number of hydrogen-bond donors (Lipinski definition) is 0. The highest BCUT2D eigenvalue weighted by Gasteiger charge is 2.43. The second-order valence-corrected chi connectivity index (χ2v) is 7.58. The zero-order valence-corrected chi connectivity index (χ0v) is 14.5. The van der Waals surface area contributed by atoms with Crippen molar-refractivity contribution in [2.45, 2.75) is 57.7 Å². The number of nitrogens with zero attached hydrogens (tertiary/aromatic N) is 3. The van der Waals surface area contributed by atoms with Crippen LogP contribution in [-0.4, -0.2) is 75.9 Å². The number of hydrogen-bond acceptors (Lipinski definition) is 4. The molecule has 6 heteroatoms. The molecule has 124 valence electrons. The first-order chi connectivity index (χ1) is 10.6. The third-order valence-electron chi connectivity index (χ3n) is 5.42. The van der Waals surface area contributed by atoms with E-state index >= 15 is 0 Å². The molecular formula is C16H27N3O2S. The van der Waals surface area contributed by atoms with Gasteiger partial charge in [-0.05, 0) is 38.8 Å². The number of carbonyl (C=O) groups excluding carboxylic acids is 2. The van der Waals surface area contributed by atoms with Crippen LogP contribution in [0.2, 0.25) is 0 Å². The van der Waals surface area contributed by atoms with Crippen molar-refractivity contribution in [3.05, 3.63) is 0 Å². The summed E-state index contributed by atoms with van der Waals surface area (Å²) in [7, 11) is 0. The third-order valence-corrected chi connectivity index (χ3v) is 6.43. The number of amides is 2. The number of carbonyl (C=O) groups is 2. The second-order valence-electron chi connectivity index (χ2n) is 6.58. The quantitative estimate of drug-likeness (QED) is 0.786. The van der Waals surface area contributed by atoms with Gasteiger partial charge in [0.25, 0.3) is 0 Å². The summed E-state index contributed by atoms with van der Waals surface area (Å²) in [5.41, 5.74) is 0. The summed E-state index contributed by atoms with van der Waals surface area (Å²) >= 11 is 1.69. The Bertz CT molecular complexity index is 445. The van der Waals surface area contributed by atoms with Gasteiger partial charge in [-0.15, -0.1) is 11.8 Å². The molecule has 0 aromatic carbocycles. The smallest absolute Gasteiger partial charge is 0.246 e. The van der Waals surface area contributed by atoms with Crippen LogP contribution >= 0.6 is 11.8 Å². The van der Waals surface area contributed by atoms with Gasteiger partial charge in [-0.3, -0.25) is 14.5 Å². The molecule has 5 nitrogen and oxygen atoms in total. The van der Waals surface area contributed by atoms with Gasteiger partial charge >= 0.3 is 0 Å².